The van der Waals surface area contributed by atoms with Crippen LogP contribution < -0.4 is 10.1 Å². The molecule has 1 heterocycles. The van der Waals surface area contributed by atoms with Crippen molar-refractivity contribution < 1.29 is 13.9 Å². The lowest BCUT2D eigenvalue weighted by atomic mass is 10.0. The maximum atomic E-state index is 13.5. The van der Waals surface area contributed by atoms with Crippen molar-refractivity contribution in [3.8, 4) is 5.75 Å². The van der Waals surface area contributed by atoms with Crippen LogP contribution in [-0.4, -0.2) is 37.0 Å². The van der Waals surface area contributed by atoms with Crippen LogP contribution in [0.4, 0.5) is 4.39 Å². The molecule has 0 radical (unpaired) electrons. The number of carbonyl (C=O) groups is 1. The van der Waals surface area contributed by atoms with Gasteiger partial charge in [-0.25, -0.2) is 4.39 Å². The molecule has 0 bridgehead atoms. The number of ether oxygens (including phenoxy) is 1. The number of halogens is 3. The molecule has 7 heteroatoms. The van der Waals surface area contributed by atoms with Crippen molar-refractivity contribution in [3.63, 3.8) is 0 Å². The van der Waals surface area contributed by atoms with Gasteiger partial charge >= 0.3 is 0 Å². The molecular formula is C19H21Cl2FN2O2. The highest BCUT2D eigenvalue weighted by Gasteiger charge is 2.27. The fourth-order valence-electron chi connectivity index (χ4n) is 2.97. The lowest BCUT2D eigenvalue weighted by molar-refractivity contribution is -0.135. The Balaban J connectivity index is 0.00000243. The topological polar surface area (TPSA) is 41.6 Å². The Bertz CT molecular complexity index is 745. The summed E-state index contributed by atoms with van der Waals surface area (Å²) in [6.07, 6.45) is 0.247. The van der Waals surface area contributed by atoms with E-state index in [4.69, 9.17) is 16.3 Å². The Morgan fingerprint density at radius 2 is 2.08 bits per heavy atom. The molecule has 26 heavy (non-hydrogen) atoms. The first-order valence-electron chi connectivity index (χ1n) is 8.28. The van der Waals surface area contributed by atoms with E-state index in [9.17, 15) is 9.18 Å². The fourth-order valence-corrected chi connectivity index (χ4v) is 3.16. The first-order valence-corrected chi connectivity index (χ1v) is 8.66. The van der Waals surface area contributed by atoms with Crippen LogP contribution in [0.2, 0.25) is 5.02 Å². The predicted molar refractivity (Wildman–Crippen MR) is 103 cm³/mol. The minimum atomic E-state index is -0.294. The van der Waals surface area contributed by atoms with Gasteiger partial charge in [0.2, 0.25) is 5.91 Å². The van der Waals surface area contributed by atoms with Gasteiger partial charge in [-0.15, -0.1) is 12.4 Å². The molecule has 1 amide bonds. The molecular weight excluding hydrogens is 378 g/mol. The first kappa shape index (κ1) is 20.5. The number of piperazine rings is 1. The van der Waals surface area contributed by atoms with Gasteiger partial charge in [0.05, 0.1) is 24.1 Å². The Labute approximate surface area is 163 Å². The van der Waals surface area contributed by atoms with E-state index in [0.29, 0.717) is 23.9 Å². The second-order valence-corrected chi connectivity index (χ2v) is 6.30. The normalized spacial score (nSPS) is 16.7. The van der Waals surface area contributed by atoms with Crippen LogP contribution in [0.15, 0.2) is 48.5 Å². The maximum Gasteiger partial charge on any atom is 0.226 e. The molecule has 0 aliphatic carbocycles. The summed E-state index contributed by atoms with van der Waals surface area (Å²) in [6, 6.07) is 13.4. The molecule has 2 aromatic carbocycles. The van der Waals surface area contributed by atoms with Gasteiger partial charge in [-0.05, 0) is 29.8 Å². The summed E-state index contributed by atoms with van der Waals surface area (Å²) in [5.74, 6) is 0.263. The Morgan fingerprint density at radius 3 is 2.85 bits per heavy atom. The fraction of sp³-hybridized carbons (Fsp3) is 0.316. The number of hydrogen-bond acceptors (Lipinski definition) is 3. The van der Waals surface area contributed by atoms with Crippen molar-refractivity contribution in [2.75, 3.05) is 26.2 Å². The molecule has 0 saturated carbocycles. The zero-order valence-corrected chi connectivity index (χ0v) is 15.7. The third-order valence-corrected chi connectivity index (χ3v) is 4.52. The zero-order chi connectivity index (χ0) is 17.6. The SMILES string of the molecule is Cl.O=C(CCOc1ccccc1Cl)N1CCNCC1c1cccc(F)c1. The smallest absolute Gasteiger partial charge is 0.226 e. The van der Waals surface area contributed by atoms with Crippen LogP contribution in [0, 0.1) is 5.82 Å². The standard InChI is InChI=1S/C19H20ClFN2O2.ClH/c20-16-6-1-2-7-18(16)25-11-8-19(24)23-10-9-22-13-17(23)14-4-3-5-15(21)12-14;/h1-7,12,17,22H,8-11,13H2;1H. The van der Waals surface area contributed by atoms with Crippen LogP contribution in [-0.2, 0) is 4.79 Å². The van der Waals surface area contributed by atoms with E-state index in [1.165, 1.54) is 12.1 Å². The largest absolute Gasteiger partial charge is 0.491 e. The third kappa shape index (κ3) is 5.10. The van der Waals surface area contributed by atoms with Crippen molar-refractivity contribution >= 4 is 29.9 Å². The molecule has 1 saturated heterocycles. The molecule has 1 unspecified atom stereocenters. The van der Waals surface area contributed by atoms with E-state index >= 15 is 0 Å². The van der Waals surface area contributed by atoms with Crippen LogP contribution in [0.3, 0.4) is 0 Å². The highest BCUT2D eigenvalue weighted by molar-refractivity contribution is 6.32. The summed E-state index contributed by atoms with van der Waals surface area (Å²) >= 11 is 6.04. The third-order valence-electron chi connectivity index (χ3n) is 4.21. The van der Waals surface area contributed by atoms with E-state index in [1.54, 1.807) is 23.1 Å². The summed E-state index contributed by atoms with van der Waals surface area (Å²) in [7, 11) is 0. The van der Waals surface area contributed by atoms with Crippen molar-refractivity contribution in [3.05, 3.63) is 64.9 Å². The van der Waals surface area contributed by atoms with E-state index in [0.717, 1.165) is 12.1 Å². The number of para-hydroxylation sites is 1. The molecule has 3 rings (SSSR count). The van der Waals surface area contributed by atoms with Crippen molar-refractivity contribution in [2.45, 2.75) is 12.5 Å². The second kappa shape index (κ2) is 9.76. The quantitative estimate of drug-likeness (QED) is 0.831. The lowest BCUT2D eigenvalue weighted by Gasteiger charge is -2.36. The van der Waals surface area contributed by atoms with Gasteiger partial charge in [0.15, 0.2) is 0 Å². The molecule has 2 aromatic rings. The highest BCUT2D eigenvalue weighted by atomic mass is 35.5. The maximum absolute atomic E-state index is 13.5. The van der Waals surface area contributed by atoms with Gasteiger partial charge in [0.1, 0.15) is 11.6 Å². The number of carbonyl (C=O) groups excluding carboxylic acids is 1. The average Bonchev–Trinajstić information content (AvgIpc) is 2.63. The Hall–Kier alpha value is -1.82. The molecule has 1 aliphatic heterocycles. The summed E-state index contributed by atoms with van der Waals surface area (Å²) in [5, 5.41) is 3.78. The predicted octanol–water partition coefficient (Wildman–Crippen LogP) is 3.84. The Morgan fingerprint density at radius 1 is 1.27 bits per heavy atom. The molecule has 1 N–H and O–H groups in total. The summed E-state index contributed by atoms with van der Waals surface area (Å²) < 4.78 is 19.1. The summed E-state index contributed by atoms with van der Waals surface area (Å²) in [6.45, 7) is 2.18. The minimum Gasteiger partial charge on any atom is -0.491 e. The van der Waals surface area contributed by atoms with E-state index < -0.39 is 0 Å². The lowest BCUT2D eigenvalue weighted by Crippen LogP contribution is -2.49. The number of nitrogens with zero attached hydrogens (tertiary/aromatic N) is 1. The van der Waals surface area contributed by atoms with Crippen LogP contribution in [0.25, 0.3) is 0 Å². The number of amides is 1. The molecule has 1 atom stereocenters. The van der Waals surface area contributed by atoms with Crippen molar-refractivity contribution in [2.24, 2.45) is 0 Å². The monoisotopic (exact) mass is 398 g/mol. The van der Waals surface area contributed by atoms with Gasteiger partial charge in [0.25, 0.3) is 0 Å². The Kier molecular flexibility index (Phi) is 7.69. The summed E-state index contributed by atoms with van der Waals surface area (Å²) in [5.41, 5.74) is 0.799. The van der Waals surface area contributed by atoms with Crippen LogP contribution in [0.1, 0.15) is 18.0 Å². The molecule has 140 valence electrons. The first-order chi connectivity index (χ1) is 12.1. The number of hydrogen-bond donors (Lipinski definition) is 1. The minimum absolute atomic E-state index is 0. The van der Waals surface area contributed by atoms with Gasteiger partial charge in [-0.2, -0.15) is 0 Å². The number of benzene rings is 2. The molecule has 4 nitrogen and oxygen atoms in total. The summed E-state index contributed by atoms with van der Waals surface area (Å²) in [4.78, 5) is 14.4. The van der Waals surface area contributed by atoms with Gasteiger partial charge in [0, 0.05) is 19.6 Å². The van der Waals surface area contributed by atoms with Crippen molar-refractivity contribution in [1.82, 2.24) is 10.2 Å². The van der Waals surface area contributed by atoms with Crippen LogP contribution >= 0.6 is 24.0 Å². The average molecular weight is 399 g/mol. The zero-order valence-electron chi connectivity index (χ0n) is 14.2. The molecule has 0 aromatic heterocycles. The molecule has 1 fully saturated rings. The highest BCUT2D eigenvalue weighted by Crippen LogP contribution is 2.25. The van der Waals surface area contributed by atoms with Gasteiger partial charge < -0.3 is 15.0 Å². The second-order valence-electron chi connectivity index (χ2n) is 5.89. The molecule has 0 spiro atoms. The number of nitrogens with one attached hydrogen (secondary N) is 1. The number of rotatable bonds is 5. The van der Waals surface area contributed by atoms with Gasteiger partial charge in [-0.3, -0.25) is 4.79 Å². The van der Waals surface area contributed by atoms with E-state index in [-0.39, 0.29) is 43.2 Å². The van der Waals surface area contributed by atoms with Crippen LogP contribution in [0.5, 0.6) is 5.75 Å². The van der Waals surface area contributed by atoms with E-state index in [2.05, 4.69) is 5.32 Å². The van der Waals surface area contributed by atoms with E-state index in [1.807, 2.05) is 18.2 Å². The van der Waals surface area contributed by atoms with Gasteiger partial charge in [-0.1, -0.05) is 35.9 Å². The molecule has 1 aliphatic rings. The van der Waals surface area contributed by atoms with Crippen molar-refractivity contribution in [1.29, 1.82) is 0 Å².